The SMILES string of the molecule is Cc1ccc(C)c(NC(=S)Nc2c(C)nn(Cc3c(F)c(F)c(F)c(F)c3F)c2C)c1. The third-order valence-corrected chi connectivity index (χ3v) is 5.07. The topological polar surface area (TPSA) is 41.9 Å². The van der Waals surface area contributed by atoms with Crippen LogP contribution < -0.4 is 10.6 Å². The number of aromatic nitrogens is 2. The van der Waals surface area contributed by atoms with E-state index in [0.717, 1.165) is 21.5 Å². The maximum atomic E-state index is 14.0. The van der Waals surface area contributed by atoms with Crippen molar-refractivity contribution in [3.05, 3.63) is 75.4 Å². The van der Waals surface area contributed by atoms with Crippen LogP contribution in [0.25, 0.3) is 0 Å². The van der Waals surface area contributed by atoms with Gasteiger partial charge in [-0.15, -0.1) is 0 Å². The molecule has 2 N–H and O–H groups in total. The number of hydrogen-bond acceptors (Lipinski definition) is 2. The van der Waals surface area contributed by atoms with Gasteiger partial charge in [-0.3, -0.25) is 4.68 Å². The lowest BCUT2D eigenvalue weighted by molar-refractivity contribution is 0.366. The molecule has 3 rings (SSSR count). The lowest BCUT2D eigenvalue weighted by Gasteiger charge is -2.14. The minimum atomic E-state index is -2.20. The molecule has 0 saturated carbocycles. The summed E-state index contributed by atoms with van der Waals surface area (Å²) in [6, 6.07) is 5.84. The highest BCUT2D eigenvalue weighted by Gasteiger charge is 2.26. The number of rotatable bonds is 4. The fraction of sp³-hybridized carbons (Fsp3) is 0.238. The Bertz CT molecular complexity index is 1160. The first-order valence-corrected chi connectivity index (χ1v) is 9.61. The van der Waals surface area contributed by atoms with Crippen molar-refractivity contribution in [2.45, 2.75) is 34.2 Å². The fourth-order valence-electron chi connectivity index (χ4n) is 3.11. The average molecular weight is 454 g/mol. The maximum absolute atomic E-state index is 14.0. The fourth-order valence-corrected chi connectivity index (χ4v) is 3.32. The van der Waals surface area contributed by atoms with Crippen LogP contribution in [0.1, 0.15) is 28.1 Å². The van der Waals surface area contributed by atoms with E-state index < -0.39 is 41.2 Å². The summed E-state index contributed by atoms with van der Waals surface area (Å²) < 4.78 is 69.5. The molecule has 0 saturated heterocycles. The zero-order valence-corrected chi connectivity index (χ0v) is 17.9. The van der Waals surface area contributed by atoms with E-state index in [9.17, 15) is 22.0 Å². The lowest BCUT2D eigenvalue weighted by Crippen LogP contribution is -2.20. The van der Waals surface area contributed by atoms with Gasteiger partial charge in [0.2, 0.25) is 5.82 Å². The monoisotopic (exact) mass is 454 g/mol. The summed E-state index contributed by atoms with van der Waals surface area (Å²) in [4.78, 5) is 0. The van der Waals surface area contributed by atoms with E-state index in [1.54, 1.807) is 13.8 Å². The van der Waals surface area contributed by atoms with Crippen molar-refractivity contribution in [1.82, 2.24) is 9.78 Å². The van der Waals surface area contributed by atoms with Crippen LogP contribution in [0.5, 0.6) is 0 Å². The van der Waals surface area contributed by atoms with Crippen molar-refractivity contribution in [2.24, 2.45) is 0 Å². The van der Waals surface area contributed by atoms with E-state index in [0.29, 0.717) is 17.1 Å². The van der Waals surface area contributed by atoms with Gasteiger partial charge in [0, 0.05) is 5.69 Å². The molecular formula is C21H19F5N4S. The second-order valence-electron chi connectivity index (χ2n) is 7.15. The number of thiocarbonyl (C=S) groups is 1. The van der Waals surface area contributed by atoms with E-state index in [1.807, 2.05) is 32.0 Å². The van der Waals surface area contributed by atoms with Crippen LogP contribution in [0.4, 0.5) is 33.3 Å². The number of hydrogen-bond donors (Lipinski definition) is 2. The summed E-state index contributed by atoms with van der Waals surface area (Å²) in [6.07, 6.45) is 0. The van der Waals surface area contributed by atoms with Crippen molar-refractivity contribution in [3.63, 3.8) is 0 Å². The second kappa shape index (κ2) is 8.62. The van der Waals surface area contributed by atoms with Gasteiger partial charge in [-0.05, 0) is 57.1 Å². The number of halogens is 5. The predicted octanol–water partition coefficient (Wildman–Crippen LogP) is 5.67. The van der Waals surface area contributed by atoms with Crippen LogP contribution in [0.2, 0.25) is 0 Å². The van der Waals surface area contributed by atoms with Crippen LogP contribution in [-0.2, 0) is 6.54 Å². The first-order valence-electron chi connectivity index (χ1n) is 9.20. The Kier molecular flexibility index (Phi) is 6.30. The molecule has 31 heavy (non-hydrogen) atoms. The highest BCUT2D eigenvalue weighted by Crippen LogP contribution is 2.26. The van der Waals surface area contributed by atoms with Gasteiger partial charge in [-0.1, -0.05) is 12.1 Å². The Morgan fingerprint density at radius 2 is 1.48 bits per heavy atom. The Morgan fingerprint density at radius 1 is 0.903 bits per heavy atom. The molecule has 164 valence electrons. The number of nitrogens with one attached hydrogen (secondary N) is 2. The molecule has 1 heterocycles. The molecule has 0 atom stereocenters. The minimum Gasteiger partial charge on any atom is -0.332 e. The molecule has 1 aromatic heterocycles. The molecule has 0 aliphatic rings. The highest BCUT2D eigenvalue weighted by atomic mass is 32.1. The van der Waals surface area contributed by atoms with Crippen molar-refractivity contribution in [1.29, 1.82) is 0 Å². The third-order valence-electron chi connectivity index (χ3n) is 4.87. The summed E-state index contributed by atoms with van der Waals surface area (Å²) in [5.74, 6) is -9.95. The molecule has 3 aromatic rings. The van der Waals surface area contributed by atoms with Gasteiger partial charge in [-0.25, -0.2) is 22.0 Å². The van der Waals surface area contributed by atoms with Gasteiger partial charge < -0.3 is 10.6 Å². The first-order chi connectivity index (χ1) is 14.5. The molecule has 0 aliphatic carbocycles. The molecule has 0 unspecified atom stereocenters. The van der Waals surface area contributed by atoms with Crippen LogP contribution in [-0.4, -0.2) is 14.9 Å². The normalized spacial score (nSPS) is 11.0. The van der Waals surface area contributed by atoms with Crippen LogP contribution in [0.3, 0.4) is 0 Å². The number of nitrogens with zero attached hydrogens (tertiary/aromatic N) is 2. The Balaban J connectivity index is 1.87. The number of benzene rings is 2. The largest absolute Gasteiger partial charge is 0.332 e. The number of anilines is 2. The van der Waals surface area contributed by atoms with Crippen LogP contribution >= 0.6 is 12.2 Å². The van der Waals surface area contributed by atoms with E-state index in [1.165, 1.54) is 0 Å². The quantitative estimate of drug-likeness (QED) is 0.231. The zero-order chi connectivity index (χ0) is 23.0. The lowest BCUT2D eigenvalue weighted by atomic mass is 10.1. The van der Waals surface area contributed by atoms with Crippen LogP contribution in [0, 0.1) is 56.8 Å². The van der Waals surface area contributed by atoms with Crippen molar-refractivity contribution in [3.8, 4) is 0 Å². The Morgan fingerprint density at radius 3 is 2.10 bits per heavy atom. The summed E-state index contributed by atoms with van der Waals surface area (Å²) >= 11 is 5.35. The molecule has 0 fully saturated rings. The van der Waals surface area contributed by atoms with Crippen LogP contribution in [0.15, 0.2) is 18.2 Å². The Labute approximate surface area is 181 Å². The maximum Gasteiger partial charge on any atom is 0.200 e. The predicted molar refractivity (Wildman–Crippen MR) is 113 cm³/mol. The van der Waals surface area contributed by atoms with Gasteiger partial charge in [0.25, 0.3) is 0 Å². The summed E-state index contributed by atoms with van der Waals surface area (Å²) in [5.41, 5.74) is 3.17. The van der Waals surface area contributed by atoms with E-state index in [-0.39, 0.29) is 5.11 Å². The molecule has 0 amide bonds. The van der Waals surface area contributed by atoms with Gasteiger partial charge in [0.05, 0.1) is 29.2 Å². The van der Waals surface area contributed by atoms with Gasteiger partial charge in [0.15, 0.2) is 28.4 Å². The van der Waals surface area contributed by atoms with Crippen molar-refractivity contribution < 1.29 is 22.0 Å². The van der Waals surface area contributed by atoms with E-state index in [4.69, 9.17) is 12.2 Å². The third kappa shape index (κ3) is 4.39. The minimum absolute atomic E-state index is 0.260. The second-order valence-corrected chi connectivity index (χ2v) is 7.56. The summed E-state index contributed by atoms with van der Waals surface area (Å²) in [7, 11) is 0. The van der Waals surface area contributed by atoms with Crippen molar-refractivity contribution in [2.75, 3.05) is 10.6 Å². The summed E-state index contributed by atoms with van der Waals surface area (Å²) in [6.45, 7) is 6.44. The first kappa shape index (κ1) is 22.7. The molecule has 2 aromatic carbocycles. The average Bonchev–Trinajstić information content (AvgIpc) is 2.98. The molecule has 10 heteroatoms. The zero-order valence-electron chi connectivity index (χ0n) is 17.1. The standard InChI is InChI=1S/C21H19F5N4S/c1-9-5-6-10(2)14(7-9)27-21(31)28-20-11(3)29-30(12(20)4)8-13-15(22)17(24)19(26)18(25)16(13)23/h5-7H,8H2,1-4H3,(H2,27,28,31). The number of aryl methyl sites for hydroxylation is 3. The molecule has 0 aliphatic heterocycles. The molecule has 0 bridgehead atoms. The smallest absolute Gasteiger partial charge is 0.200 e. The molecular weight excluding hydrogens is 435 g/mol. The molecule has 0 radical (unpaired) electrons. The van der Waals surface area contributed by atoms with Gasteiger partial charge in [-0.2, -0.15) is 5.10 Å². The van der Waals surface area contributed by atoms with Gasteiger partial charge in [0.1, 0.15) is 0 Å². The van der Waals surface area contributed by atoms with Gasteiger partial charge >= 0.3 is 0 Å². The molecule has 4 nitrogen and oxygen atoms in total. The highest BCUT2D eigenvalue weighted by molar-refractivity contribution is 7.80. The van der Waals surface area contributed by atoms with E-state index in [2.05, 4.69) is 15.7 Å². The van der Waals surface area contributed by atoms with Crippen molar-refractivity contribution >= 4 is 28.7 Å². The summed E-state index contributed by atoms with van der Waals surface area (Å²) in [5, 5.41) is 10.5. The van der Waals surface area contributed by atoms with E-state index >= 15 is 0 Å². The Hall–Kier alpha value is -3.01. The molecule has 0 spiro atoms.